The first-order chi connectivity index (χ1) is 14.5. The van der Waals surface area contributed by atoms with E-state index < -0.39 is 34.4 Å². The van der Waals surface area contributed by atoms with E-state index in [1.807, 2.05) is 0 Å². The van der Waals surface area contributed by atoms with E-state index in [1.54, 1.807) is 19.1 Å². The van der Waals surface area contributed by atoms with Crippen LogP contribution in [0.1, 0.15) is 12.5 Å². The maximum atomic E-state index is 13.1. The molecular weight excluding hydrogens is 485 g/mol. The van der Waals surface area contributed by atoms with Gasteiger partial charge in [0.15, 0.2) is 0 Å². The van der Waals surface area contributed by atoms with Gasteiger partial charge in [-0.25, -0.2) is 8.42 Å². The van der Waals surface area contributed by atoms with Gasteiger partial charge in [-0.15, -0.1) is 0 Å². The van der Waals surface area contributed by atoms with E-state index in [2.05, 4.69) is 5.32 Å². The zero-order valence-corrected chi connectivity index (χ0v) is 20.2. The maximum absolute atomic E-state index is 13.1. The summed E-state index contributed by atoms with van der Waals surface area (Å²) in [5.41, 5.74) is 0.568. The Hall–Kier alpha value is -1.84. The molecule has 0 aliphatic carbocycles. The van der Waals surface area contributed by atoms with Crippen molar-refractivity contribution in [2.45, 2.75) is 24.4 Å². The number of hydrogen-bond acceptors (Lipinski definition) is 4. The molecule has 0 bridgehead atoms. The van der Waals surface area contributed by atoms with Crippen LogP contribution in [0.2, 0.25) is 15.1 Å². The first kappa shape index (κ1) is 25.4. The van der Waals surface area contributed by atoms with E-state index in [0.29, 0.717) is 20.6 Å². The molecule has 168 valence electrons. The molecule has 0 radical (unpaired) electrons. The molecule has 1 atom stereocenters. The second kappa shape index (κ2) is 10.7. The first-order valence-corrected chi connectivity index (χ1v) is 11.7. The third-order valence-electron chi connectivity index (χ3n) is 4.65. The van der Waals surface area contributed by atoms with Gasteiger partial charge in [0.1, 0.15) is 6.04 Å². The Morgan fingerprint density at radius 1 is 1.03 bits per heavy atom. The Kier molecular flexibility index (Phi) is 8.73. The Balaban J connectivity index is 2.29. The van der Waals surface area contributed by atoms with Crippen molar-refractivity contribution in [3.05, 3.63) is 63.1 Å². The zero-order chi connectivity index (χ0) is 23.3. The maximum Gasteiger partial charge on any atom is 0.243 e. The van der Waals surface area contributed by atoms with Crippen LogP contribution in [0.15, 0.2) is 47.4 Å². The van der Waals surface area contributed by atoms with Gasteiger partial charge in [0.2, 0.25) is 21.8 Å². The molecule has 0 saturated carbocycles. The van der Waals surface area contributed by atoms with Crippen LogP contribution in [0, 0.1) is 0 Å². The summed E-state index contributed by atoms with van der Waals surface area (Å²) < 4.78 is 26.5. The molecular formula is C20H22Cl3N3O4S. The molecule has 1 N–H and O–H groups in total. The number of carbonyl (C=O) groups is 2. The van der Waals surface area contributed by atoms with Gasteiger partial charge in [0.05, 0.1) is 11.4 Å². The highest BCUT2D eigenvalue weighted by molar-refractivity contribution is 7.89. The Morgan fingerprint density at radius 3 is 2.16 bits per heavy atom. The summed E-state index contributed by atoms with van der Waals surface area (Å²) in [6, 6.07) is 9.55. The van der Waals surface area contributed by atoms with Gasteiger partial charge in [0.25, 0.3) is 0 Å². The predicted molar refractivity (Wildman–Crippen MR) is 122 cm³/mol. The average molecular weight is 507 g/mol. The highest BCUT2D eigenvalue weighted by Crippen LogP contribution is 2.24. The molecule has 0 aliphatic heterocycles. The van der Waals surface area contributed by atoms with E-state index in [1.165, 1.54) is 49.3 Å². The summed E-state index contributed by atoms with van der Waals surface area (Å²) in [6.45, 7) is 1.07. The summed E-state index contributed by atoms with van der Waals surface area (Å²) in [5, 5.41) is 3.65. The molecule has 0 aliphatic rings. The number of hydrogen-bond donors (Lipinski definition) is 1. The molecule has 2 rings (SSSR count). The summed E-state index contributed by atoms with van der Waals surface area (Å²) >= 11 is 18.0. The van der Waals surface area contributed by atoms with Crippen LogP contribution in [0.3, 0.4) is 0 Å². The summed E-state index contributed by atoms with van der Waals surface area (Å²) in [7, 11) is -1.20. The molecule has 11 heteroatoms. The van der Waals surface area contributed by atoms with Crippen molar-refractivity contribution in [3.8, 4) is 0 Å². The van der Waals surface area contributed by atoms with Crippen LogP contribution in [0.5, 0.6) is 0 Å². The van der Waals surface area contributed by atoms with Crippen molar-refractivity contribution in [2.24, 2.45) is 0 Å². The van der Waals surface area contributed by atoms with Crippen LogP contribution in [-0.2, 0) is 26.2 Å². The van der Waals surface area contributed by atoms with Gasteiger partial charge in [-0.2, -0.15) is 4.31 Å². The standard InChI is InChI=1S/C20H22Cl3N3O4S/c1-13(20(28)24-2)26(11-14-4-5-16(22)10-18(14)23)19(27)12-25(3)31(29,30)17-8-6-15(21)7-9-17/h4-10,13H,11-12H2,1-3H3,(H,24,28). The van der Waals surface area contributed by atoms with Crippen molar-refractivity contribution in [1.29, 1.82) is 0 Å². The number of amides is 2. The molecule has 31 heavy (non-hydrogen) atoms. The molecule has 0 heterocycles. The van der Waals surface area contributed by atoms with Gasteiger partial charge in [-0.3, -0.25) is 9.59 Å². The summed E-state index contributed by atoms with van der Waals surface area (Å²) in [4.78, 5) is 26.6. The number of sulfonamides is 1. The highest BCUT2D eigenvalue weighted by atomic mass is 35.5. The Bertz CT molecular complexity index is 1060. The number of likely N-dealkylation sites (N-methyl/N-ethyl adjacent to an activating group) is 2. The molecule has 0 fully saturated rings. The second-order valence-corrected chi connectivity index (χ2v) is 10.1. The van der Waals surface area contributed by atoms with Gasteiger partial charge >= 0.3 is 0 Å². The third kappa shape index (κ3) is 6.33. The lowest BCUT2D eigenvalue weighted by molar-refractivity contribution is -0.140. The molecule has 1 unspecified atom stereocenters. The number of carbonyl (C=O) groups excluding carboxylic acids is 2. The second-order valence-electron chi connectivity index (χ2n) is 6.76. The molecule has 0 aromatic heterocycles. The summed E-state index contributed by atoms with van der Waals surface area (Å²) in [5.74, 6) is -0.969. The van der Waals surface area contributed by atoms with Crippen molar-refractivity contribution in [1.82, 2.24) is 14.5 Å². The van der Waals surface area contributed by atoms with Crippen molar-refractivity contribution in [2.75, 3.05) is 20.6 Å². The molecule has 7 nitrogen and oxygen atoms in total. The molecule has 0 saturated heterocycles. The van der Waals surface area contributed by atoms with Crippen LogP contribution >= 0.6 is 34.8 Å². The topological polar surface area (TPSA) is 86.8 Å². The molecule has 2 aromatic carbocycles. The normalized spacial score (nSPS) is 12.5. The molecule has 2 amide bonds. The minimum Gasteiger partial charge on any atom is -0.357 e. The van der Waals surface area contributed by atoms with E-state index in [9.17, 15) is 18.0 Å². The fraction of sp³-hybridized carbons (Fsp3) is 0.300. The predicted octanol–water partition coefficient (Wildman–Crippen LogP) is 3.43. The lowest BCUT2D eigenvalue weighted by atomic mass is 10.1. The highest BCUT2D eigenvalue weighted by Gasteiger charge is 2.30. The number of halogens is 3. The first-order valence-electron chi connectivity index (χ1n) is 9.14. The van der Waals surface area contributed by atoms with E-state index in [4.69, 9.17) is 34.8 Å². The quantitative estimate of drug-likeness (QED) is 0.594. The monoisotopic (exact) mass is 505 g/mol. The Labute approximate surface area is 196 Å². The zero-order valence-electron chi connectivity index (χ0n) is 17.1. The van der Waals surface area contributed by atoms with Crippen molar-refractivity contribution in [3.63, 3.8) is 0 Å². The Morgan fingerprint density at radius 2 is 1.61 bits per heavy atom. The minimum absolute atomic E-state index is 0.00107. The molecule has 0 spiro atoms. The average Bonchev–Trinajstić information content (AvgIpc) is 2.72. The van der Waals surface area contributed by atoms with Crippen LogP contribution in [0.4, 0.5) is 0 Å². The number of nitrogens with one attached hydrogen (secondary N) is 1. The van der Waals surface area contributed by atoms with E-state index in [0.717, 1.165) is 4.31 Å². The third-order valence-corrected chi connectivity index (χ3v) is 7.31. The van der Waals surface area contributed by atoms with Crippen molar-refractivity contribution < 1.29 is 18.0 Å². The largest absolute Gasteiger partial charge is 0.357 e. The van der Waals surface area contributed by atoms with Crippen LogP contribution in [0.25, 0.3) is 0 Å². The minimum atomic E-state index is -3.94. The lowest BCUT2D eigenvalue weighted by Gasteiger charge is -2.30. The fourth-order valence-electron chi connectivity index (χ4n) is 2.78. The number of rotatable bonds is 8. The van der Waals surface area contributed by atoms with Gasteiger partial charge < -0.3 is 10.2 Å². The van der Waals surface area contributed by atoms with Crippen LogP contribution < -0.4 is 5.32 Å². The van der Waals surface area contributed by atoms with E-state index in [-0.39, 0.29) is 11.4 Å². The van der Waals surface area contributed by atoms with Crippen molar-refractivity contribution >= 4 is 56.6 Å². The van der Waals surface area contributed by atoms with E-state index >= 15 is 0 Å². The fourth-order valence-corrected chi connectivity index (χ4v) is 4.49. The van der Waals surface area contributed by atoms with Gasteiger partial charge in [-0.1, -0.05) is 40.9 Å². The lowest BCUT2D eigenvalue weighted by Crippen LogP contribution is -2.50. The van der Waals surface area contributed by atoms with Gasteiger partial charge in [-0.05, 0) is 48.9 Å². The number of benzene rings is 2. The van der Waals surface area contributed by atoms with Crippen LogP contribution in [-0.4, -0.2) is 56.1 Å². The smallest absolute Gasteiger partial charge is 0.243 e. The number of nitrogens with zero attached hydrogens (tertiary/aromatic N) is 2. The van der Waals surface area contributed by atoms with Gasteiger partial charge in [0, 0.05) is 35.7 Å². The molecule has 2 aromatic rings. The summed E-state index contributed by atoms with van der Waals surface area (Å²) in [6.07, 6.45) is 0. The SMILES string of the molecule is CNC(=O)C(C)N(Cc1ccc(Cl)cc1Cl)C(=O)CN(C)S(=O)(=O)c1ccc(Cl)cc1.